The van der Waals surface area contributed by atoms with Crippen LogP contribution in [0.1, 0.15) is 53.9 Å². The lowest BCUT2D eigenvalue weighted by molar-refractivity contribution is -0.139. The standard InChI is InChI=1S/C34H35NO3S/c36-33(37)24-38-31-15-7-9-26(23-31)10-8-20-35(34(29-16-17-29)30-19-22-39-25-30)21-18-32(27-11-3-1-4-12-27)28-13-5-2-6-14-28/h1-7,9,11-15,19,22-23,25,32H,8,10,16-18,20-21,24H2,(H,36,37). The first-order valence-electron chi connectivity index (χ1n) is 13.7. The van der Waals surface area contributed by atoms with Crippen molar-refractivity contribution in [3.63, 3.8) is 0 Å². The predicted octanol–water partition coefficient (Wildman–Crippen LogP) is 7.87. The van der Waals surface area contributed by atoms with E-state index in [2.05, 4.69) is 88.5 Å². The van der Waals surface area contributed by atoms with E-state index in [1.165, 1.54) is 40.8 Å². The molecule has 1 aliphatic carbocycles. The number of carboxylic acid groups (broad SMARTS) is 1. The number of carboxylic acids is 1. The van der Waals surface area contributed by atoms with Gasteiger partial charge in [0, 0.05) is 35.6 Å². The molecule has 5 rings (SSSR count). The van der Waals surface area contributed by atoms with Gasteiger partial charge in [-0.05, 0) is 77.9 Å². The van der Waals surface area contributed by atoms with Crippen molar-refractivity contribution in [1.82, 2.24) is 4.90 Å². The summed E-state index contributed by atoms with van der Waals surface area (Å²) in [6, 6.07) is 31.8. The number of hydrogen-bond donors (Lipinski definition) is 1. The fraction of sp³-hybridized carbons (Fsp3) is 0.265. The average molecular weight is 538 g/mol. The highest BCUT2D eigenvalue weighted by atomic mass is 32.1. The van der Waals surface area contributed by atoms with Crippen LogP contribution in [0.3, 0.4) is 0 Å². The molecule has 0 aliphatic heterocycles. The van der Waals surface area contributed by atoms with Crippen molar-refractivity contribution in [2.75, 3.05) is 19.7 Å². The molecule has 1 saturated carbocycles. The van der Waals surface area contributed by atoms with Gasteiger partial charge in [-0.1, -0.05) is 72.8 Å². The number of aliphatic carboxylic acids is 1. The van der Waals surface area contributed by atoms with Crippen molar-refractivity contribution in [1.29, 1.82) is 0 Å². The van der Waals surface area contributed by atoms with E-state index in [1.54, 1.807) is 16.9 Å². The molecule has 0 bridgehead atoms. The Morgan fingerprint density at radius 2 is 1.62 bits per heavy atom. The molecule has 0 atom stereocenters. The van der Waals surface area contributed by atoms with E-state index in [0.29, 0.717) is 11.7 Å². The van der Waals surface area contributed by atoms with E-state index in [4.69, 9.17) is 9.84 Å². The number of allylic oxidation sites excluding steroid dienone is 1. The van der Waals surface area contributed by atoms with Crippen molar-refractivity contribution in [3.8, 4) is 5.75 Å². The van der Waals surface area contributed by atoms with Gasteiger partial charge in [0.25, 0.3) is 0 Å². The topological polar surface area (TPSA) is 49.8 Å². The lowest BCUT2D eigenvalue weighted by atomic mass is 9.88. The molecule has 0 saturated heterocycles. The zero-order valence-electron chi connectivity index (χ0n) is 22.2. The maximum Gasteiger partial charge on any atom is 0.341 e. The Hall–Kier alpha value is -3.83. The zero-order valence-corrected chi connectivity index (χ0v) is 23.0. The van der Waals surface area contributed by atoms with E-state index in [1.807, 2.05) is 18.2 Å². The van der Waals surface area contributed by atoms with Crippen LogP contribution in [0.25, 0.3) is 5.70 Å². The summed E-state index contributed by atoms with van der Waals surface area (Å²) in [5.41, 5.74) is 8.21. The Morgan fingerprint density at radius 1 is 0.897 bits per heavy atom. The molecular weight excluding hydrogens is 502 g/mol. The SMILES string of the molecule is O=C(O)COc1cccc(CCCN(CCC(c2ccccc2)c2ccccc2)C(=C2CC2)c2ccsc2)c1. The normalized spacial score (nSPS) is 12.4. The van der Waals surface area contributed by atoms with E-state index in [0.717, 1.165) is 32.4 Å². The summed E-state index contributed by atoms with van der Waals surface area (Å²) in [5.74, 6) is -0.0142. The third-order valence-electron chi connectivity index (χ3n) is 7.19. The molecule has 4 nitrogen and oxygen atoms in total. The summed E-state index contributed by atoms with van der Waals surface area (Å²) < 4.78 is 5.40. The van der Waals surface area contributed by atoms with Crippen LogP contribution in [0, 0.1) is 0 Å². The van der Waals surface area contributed by atoms with E-state index < -0.39 is 5.97 Å². The summed E-state index contributed by atoms with van der Waals surface area (Å²) in [7, 11) is 0. The van der Waals surface area contributed by atoms with Crippen LogP contribution in [0.4, 0.5) is 0 Å². The monoisotopic (exact) mass is 537 g/mol. The number of carbonyl (C=O) groups is 1. The Bertz CT molecular complexity index is 1320. The number of hydrogen-bond acceptors (Lipinski definition) is 4. The van der Waals surface area contributed by atoms with Gasteiger partial charge in [0.15, 0.2) is 6.61 Å². The molecule has 200 valence electrons. The Labute approximate surface area is 235 Å². The number of nitrogens with zero attached hydrogens (tertiary/aromatic N) is 1. The molecule has 1 heterocycles. The van der Waals surface area contributed by atoms with Crippen LogP contribution >= 0.6 is 11.3 Å². The highest BCUT2D eigenvalue weighted by molar-refractivity contribution is 7.08. The summed E-state index contributed by atoms with van der Waals surface area (Å²) in [4.78, 5) is 13.5. The summed E-state index contributed by atoms with van der Waals surface area (Å²) in [6.45, 7) is 1.62. The minimum absolute atomic E-state index is 0.321. The first-order valence-corrected chi connectivity index (χ1v) is 14.6. The van der Waals surface area contributed by atoms with Crippen LogP contribution in [0.5, 0.6) is 5.75 Å². The fourth-order valence-electron chi connectivity index (χ4n) is 5.24. The van der Waals surface area contributed by atoms with Gasteiger partial charge < -0.3 is 14.7 Å². The maximum absolute atomic E-state index is 10.9. The number of benzene rings is 3. The molecule has 0 amide bonds. The second-order valence-electron chi connectivity index (χ2n) is 10.0. The van der Waals surface area contributed by atoms with E-state index in [-0.39, 0.29) is 6.61 Å². The lowest BCUT2D eigenvalue weighted by Gasteiger charge is -2.30. The van der Waals surface area contributed by atoms with Crippen LogP contribution in [-0.4, -0.2) is 35.7 Å². The van der Waals surface area contributed by atoms with Gasteiger partial charge in [-0.3, -0.25) is 0 Å². The largest absolute Gasteiger partial charge is 0.482 e. The fourth-order valence-corrected chi connectivity index (χ4v) is 5.88. The van der Waals surface area contributed by atoms with Gasteiger partial charge >= 0.3 is 5.97 Å². The molecule has 0 radical (unpaired) electrons. The van der Waals surface area contributed by atoms with Crippen molar-refractivity contribution >= 4 is 23.0 Å². The average Bonchev–Trinajstić information content (AvgIpc) is 3.66. The third kappa shape index (κ3) is 7.61. The molecule has 0 unspecified atom stereocenters. The summed E-state index contributed by atoms with van der Waals surface area (Å²) in [5, 5.41) is 13.4. The van der Waals surface area contributed by atoms with Gasteiger partial charge in [-0.25, -0.2) is 4.79 Å². The second-order valence-corrected chi connectivity index (χ2v) is 10.8. The van der Waals surface area contributed by atoms with Crippen molar-refractivity contribution in [2.24, 2.45) is 0 Å². The highest BCUT2D eigenvalue weighted by Crippen LogP contribution is 2.40. The molecule has 1 fully saturated rings. The second kappa shape index (κ2) is 13.3. The van der Waals surface area contributed by atoms with Crippen LogP contribution in [0.2, 0.25) is 0 Å². The number of rotatable bonds is 14. The molecule has 0 spiro atoms. The van der Waals surface area contributed by atoms with Gasteiger partial charge in [0.05, 0.1) is 0 Å². The summed E-state index contributed by atoms with van der Waals surface area (Å²) >= 11 is 1.76. The number of ether oxygens (including phenoxy) is 1. The van der Waals surface area contributed by atoms with E-state index >= 15 is 0 Å². The maximum atomic E-state index is 10.9. The van der Waals surface area contributed by atoms with Crippen LogP contribution in [0.15, 0.2) is 107 Å². The molecule has 4 aromatic rings. The van der Waals surface area contributed by atoms with Gasteiger partial charge in [-0.15, -0.1) is 0 Å². The predicted molar refractivity (Wildman–Crippen MR) is 159 cm³/mol. The van der Waals surface area contributed by atoms with Crippen molar-refractivity contribution < 1.29 is 14.6 Å². The first-order chi connectivity index (χ1) is 19.2. The lowest BCUT2D eigenvalue weighted by Crippen LogP contribution is -2.26. The van der Waals surface area contributed by atoms with Gasteiger partial charge in [0.2, 0.25) is 0 Å². The van der Waals surface area contributed by atoms with Crippen LogP contribution in [-0.2, 0) is 11.2 Å². The molecule has 1 aliphatic rings. The molecule has 39 heavy (non-hydrogen) atoms. The molecule has 1 aromatic heterocycles. The smallest absolute Gasteiger partial charge is 0.341 e. The van der Waals surface area contributed by atoms with Crippen molar-refractivity contribution in [2.45, 2.75) is 38.0 Å². The zero-order chi connectivity index (χ0) is 26.9. The molecule has 5 heteroatoms. The number of thiophene rings is 1. The van der Waals surface area contributed by atoms with Crippen molar-refractivity contribution in [3.05, 3.63) is 130 Å². The molecular formula is C34H35NO3S. The van der Waals surface area contributed by atoms with Gasteiger partial charge in [0.1, 0.15) is 5.75 Å². The Balaban J connectivity index is 1.33. The quantitative estimate of drug-likeness (QED) is 0.178. The first kappa shape index (κ1) is 26.8. The minimum Gasteiger partial charge on any atom is -0.482 e. The summed E-state index contributed by atoms with van der Waals surface area (Å²) in [6.07, 6.45) is 5.32. The van der Waals surface area contributed by atoms with E-state index in [9.17, 15) is 4.79 Å². The minimum atomic E-state index is -0.963. The Morgan fingerprint density at radius 3 is 2.23 bits per heavy atom. The van der Waals surface area contributed by atoms with Gasteiger partial charge in [-0.2, -0.15) is 11.3 Å². The third-order valence-corrected chi connectivity index (χ3v) is 7.87. The highest BCUT2D eigenvalue weighted by Gasteiger charge is 2.25. The number of aryl methyl sites for hydroxylation is 1. The molecule has 3 aromatic carbocycles. The Kier molecular flexibility index (Phi) is 9.13. The van der Waals surface area contributed by atoms with Crippen LogP contribution < -0.4 is 4.74 Å². The molecule has 1 N–H and O–H groups in total.